The van der Waals surface area contributed by atoms with E-state index in [9.17, 15) is 9.59 Å². The maximum Gasteiger partial charge on any atom is 0.344 e. The van der Waals surface area contributed by atoms with E-state index in [1.165, 1.54) is 7.11 Å². The molecule has 0 aromatic heterocycles. The van der Waals surface area contributed by atoms with Gasteiger partial charge < -0.3 is 14.2 Å². The normalized spacial score (nSPS) is 17.8. The van der Waals surface area contributed by atoms with Crippen molar-refractivity contribution < 1.29 is 23.8 Å². The molecule has 98 valence electrons. The van der Waals surface area contributed by atoms with Crippen LogP contribution in [0, 0.1) is 0 Å². The third-order valence-electron chi connectivity index (χ3n) is 2.88. The smallest absolute Gasteiger partial charge is 0.344 e. The van der Waals surface area contributed by atoms with Crippen LogP contribution >= 0.6 is 0 Å². The Labute approximate surface area is 101 Å². The number of hydrogen-bond acceptors (Lipinski definition) is 5. The molecule has 0 aromatic carbocycles. The second-order valence-corrected chi connectivity index (χ2v) is 4.53. The molecule has 1 saturated carbocycles. The van der Waals surface area contributed by atoms with Gasteiger partial charge >= 0.3 is 11.9 Å². The van der Waals surface area contributed by atoms with Crippen LogP contribution in [0.2, 0.25) is 0 Å². The number of rotatable bonds is 6. The Morgan fingerprint density at radius 2 is 1.82 bits per heavy atom. The average Bonchev–Trinajstić information content (AvgIpc) is 2.70. The van der Waals surface area contributed by atoms with Crippen LogP contribution in [-0.4, -0.2) is 37.9 Å². The second-order valence-electron chi connectivity index (χ2n) is 4.53. The van der Waals surface area contributed by atoms with Gasteiger partial charge in [-0.1, -0.05) is 0 Å². The van der Waals surface area contributed by atoms with Gasteiger partial charge in [0, 0.05) is 7.11 Å². The van der Waals surface area contributed by atoms with Crippen molar-refractivity contribution in [2.24, 2.45) is 0 Å². The van der Waals surface area contributed by atoms with Gasteiger partial charge in [-0.3, -0.25) is 4.79 Å². The molecule has 0 heterocycles. The summed E-state index contributed by atoms with van der Waals surface area (Å²) < 4.78 is 14.8. The van der Waals surface area contributed by atoms with Crippen LogP contribution in [0.3, 0.4) is 0 Å². The lowest BCUT2D eigenvalue weighted by Gasteiger charge is -2.23. The molecular formula is C12H20O5. The van der Waals surface area contributed by atoms with Gasteiger partial charge in [0.05, 0.1) is 13.0 Å². The Balaban J connectivity index is 2.18. The van der Waals surface area contributed by atoms with E-state index in [0.717, 1.165) is 25.7 Å². The molecule has 0 aliphatic heterocycles. The van der Waals surface area contributed by atoms with E-state index in [1.807, 2.05) is 6.92 Å². The topological polar surface area (TPSA) is 61.8 Å². The predicted octanol–water partition coefficient (Wildman–Crippen LogP) is 1.44. The van der Waals surface area contributed by atoms with Crippen LogP contribution in [0.15, 0.2) is 0 Å². The first-order chi connectivity index (χ1) is 8.06. The van der Waals surface area contributed by atoms with Crippen molar-refractivity contribution in [2.45, 2.75) is 44.6 Å². The molecule has 0 saturated heterocycles. The number of carbonyl (C=O) groups excluding carboxylic acids is 2. The van der Waals surface area contributed by atoms with Gasteiger partial charge in [0.1, 0.15) is 5.60 Å². The zero-order chi connectivity index (χ0) is 12.7. The fourth-order valence-corrected chi connectivity index (χ4v) is 1.93. The quantitative estimate of drug-likeness (QED) is 0.662. The molecule has 1 rings (SSSR count). The number of ether oxygens (including phenoxy) is 3. The molecule has 5 nitrogen and oxygen atoms in total. The molecule has 0 atom stereocenters. The Morgan fingerprint density at radius 1 is 1.18 bits per heavy atom. The molecule has 0 N–H and O–H groups in total. The van der Waals surface area contributed by atoms with Gasteiger partial charge in [-0.15, -0.1) is 0 Å². The summed E-state index contributed by atoms with van der Waals surface area (Å²) in [5.41, 5.74) is -0.365. The first-order valence-corrected chi connectivity index (χ1v) is 5.92. The second kappa shape index (κ2) is 6.59. The van der Waals surface area contributed by atoms with Gasteiger partial charge in [-0.2, -0.15) is 0 Å². The maximum absolute atomic E-state index is 11.5. The van der Waals surface area contributed by atoms with E-state index in [4.69, 9.17) is 14.2 Å². The average molecular weight is 244 g/mol. The summed E-state index contributed by atoms with van der Waals surface area (Å²) in [5, 5.41) is 0. The van der Waals surface area contributed by atoms with Gasteiger partial charge in [0.2, 0.25) is 0 Å². The van der Waals surface area contributed by atoms with Crippen LogP contribution in [0.4, 0.5) is 0 Å². The van der Waals surface area contributed by atoms with Crippen molar-refractivity contribution in [3.8, 4) is 0 Å². The summed E-state index contributed by atoms with van der Waals surface area (Å²) in [6, 6.07) is 0. The fourth-order valence-electron chi connectivity index (χ4n) is 1.93. The van der Waals surface area contributed by atoms with Crippen LogP contribution in [0.5, 0.6) is 0 Å². The predicted molar refractivity (Wildman–Crippen MR) is 60.4 cm³/mol. The first kappa shape index (κ1) is 14.0. The lowest BCUT2D eigenvalue weighted by Crippen LogP contribution is -2.30. The highest BCUT2D eigenvalue weighted by atomic mass is 16.6. The molecular weight excluding hydrogens is 224 g/mol. The molecule has 1 aliphatic rings. The van der Waals surface area contributed by atoms with E-state index in [0.29, 0.717) is 6.61 Å². The Kier molecular flexibility index (Phi) is 5.41. The van der Waals surface area contributed by atoms with Crippen LogP contribution in [0.1, 0.15) is 39.0 Å². The Hall–Kier alpha value is -1.10. The van der Waals surface area contributed by atoms with Crippen molar-refractivity contribution in [2.75, 3.05) is 20.3 Å². The summed E-state index contributed by atoms with van der Waals surface area (Å²) >= 11 is 0. The van der Waals surface area contributed by atoms with E-state index in [-0.39, 0.29) is 18.6 Å². The van der Waals surface area contributed by atoms with Gasteiger partial charge in [-0.05, 0) is 32.6 Å². The molecule has 1 aliphatic carbocycles. The van der Waals surface area contributed by atoms with Crippen molar-refractivity contribution in [1.29, 1.82) is 0 Å². The number of methoxy groups -OCH3 is 1. The number of hydrogen-bond donors (Lipinski definition) is 0. The largest absolute Gasteiger partial charge is 0.457 e. The van der Waals surface area contributed by atoms with Crippen LogP contribution in [-0.2, 0) is 23.8 Å². The molecule has 17 heavy (non-hydrogen) atoms. The van der Waals surface area contributed by atoms with E-state index >= 15 is 0 Å². The highest BCUT2D eigenvalue weighted by molar-refractivity contribution is 5.76. The SMILES string of the molecule is COCCC(=O)OCC(=O)OC1(C)CCCC1. The number of carbonyl (C=O) groups is 2. The third-order valence-corrected chi connectivity index (χ3v) is 2.88. The van der Waals surface area contributed by atoms with Crippen molar-refractivity contribution in [3.05, 3.63) is 0 Å². The number of esters is 2. The van der Waals surface area contributed by atoms with Crippen molar-refractivity contribution in [1.82, 2.24) is 0 Å². The minimum atomic E-state index is -0.472. The van der Waals surface area contributed by atoms with Gasteiger partial charge in [0.15, 0.2) is 6.61 Å². The molecule has 0 unspecified atom stereocenters. The van der Waals surface area contributed by atoms with E-state index in [1.54, 1.807) is 0 Å². The minimum Gasteiger partial charge on any atom is -0.457 e. The molecule has 0 aromatic rings. The third kappa shape index (κ3) is 5.17. The van der Waals surface area contributed by atoms with Gasteiger partial charge in [-0.25, -0.2) is 4.79 Å². The summed E-state index contributed by atoms with van der Waals surface area (Å²) in [4.78, 5) is 22.6. The standard InChI is InChI=1S/C12H20O5/c1-12(6-3-4-7-12)17-11(14)9-16-10(13)5-8-15-2/h3-9H2,1-2H3. The Morgan fingerprint density at radius 3 is 2.41 bits per heavy atom. The summed E-state index contributed by atoms with van der Waals surface area (Å²) in [7, 11) is 1.50. The molecule has 0 bridgehead atoms. The fraction of sp³-hybridized carbons (Fsp3) is 0.833. The first-order valence-electron chi connectivity index (χ1n) is 5.92. The lowest BCUT2D eigenvalue weighted by molar-refractivity contribution is -0.168. The van der Waals surface area contributed by atoms with Gasteiger partial charge in [0.25, 0.3) is 0 Å². The zero-order valence-electron chi connectivity index (χ0n) is 10.5. The maximum atomic E-state index is 11.5. The molecule has 1 fully saturated rings. The summed E-state index contributed by atoms with van der Waals surface area (Å²) in [6.07, 6.45) is 4.09. The lowest BCUT2D eigenvalue weighted by atomic mass is 10.1. The molecule has 0 radical (unpaired) electrons. The molecule has 0 spiro atoms. The zero-order valence-corrected chi connectivity index (χ0v) is 10.5. The highest BCUT2D eigenvalue weighted by Gasteiger charge is 2.32. The Bertz CT molecular complexity index is 268. The summed E-state index contributed by atoms with van der Waals surface area (Å²) in [6.45, 7) is 1.91. The minimum absolute atomic E-state index is 0.154. The monoisotopic (exact) mass is 244 g/mol. The summed E-state index contributed by atoms with van der Waals surface area (Å²) in [5.74, 6) is -0.916. The van der Waals surface area contributed by atoms with E-state index < -0.39 is 11.9 Å². The van der Waals surface area contributed by atoms with Crippen LogP contribution < -0.4 is 0 Å². The van der Waals surface area contributed by atoms with Crippen LogP contribution in [0.25, 0.3) is 0 Å². The van der Waals surface area contributed by atoms with Crippen molar-refractivity contribution >= 4 is 11.9 Å². The van der Waals surface area contributed by atoms with E-state index in [2.05, 4.69) is 0 Å². The highest BCUT2D eigenvalue weighted by Crippen LogP contribution is 2.32. The van der Waals surface area contributed by atoms with Crippen molar-refractivity contribution in [3.63, 3.8) is 0 Å². The molecule has 5 heteroatoms. The molecule has 0 amide bonds.